The molecule has 1 rings (SSSR count). The molecule has 146 valence electrons. The van der Waals surface area contributed by atoms with Gasteiger partial charge in [0.15, 0.2) is 0 Å². The molecule has 3 N–H and O–H groups in total. The van der Waals surface area contributed by atoms with Gasteiger partial charge in [0.25, 0.3) is 0 Å². The Hall–Kier alpha value is 0.260. The van der Waals surface area contributed by atoms with Gasteiger partial charge in [-0.3, -0.25) is 4.90 Å². The number of nitrogens with one attached hydrogen (secondary N) is 1. The van der Waals surface area contributed by atoms with E-state index in [0.717, 1.165) is 19.1 Å². The molecule has 1 saturated heterocycles. The standard InChI is InChI=1S/C8H17NO3S.C7H16N2.CH3I/c1-4-5-7(2)8(6-12-3)13(9,10)11;1-7(2)9-5-3-8-4-6-9;1-2/h4,7-8H,1,5-6H2,2-3H3,(H2,9,10,11);7-8H,3-6H2,1-2H3;1H3/t7-,8+;;/m0../s1. The summed E-state index contributed by atoms with van der Waals surface area (Å²) in [6.07, 6.45) is 2.29. The predicted octanol–water partition coefficient (Wildman–Crippen LogP) is 1.85. The van der Waals surface area contributed by atoms with E-state index in [1.807, 2.05) is 11.9 Å². The molecule has 2 atom stereocenters. The van der Waals surface area contributed by atoms with Crippen LogP contribution >= 0.6 is 22.6 Å². The number of primary sulfonamides is 1. The van der Waals surface area contributed by atoms with Crippen molar-refractivity contribution in [1.82, 2.24) is 10.2 Å². The third-order valence-corrected chi connectivity index (χ3v) is 5.25. The fraction of sp³-hybridized carbons (Fsp3) is 0.875. The summed E-state index contributed by atoms with van der Waals surface area (Å²) >= 11 is 2.15. The summed E-state index contributed by atoms with van der Waals surface area (Å²) < 4.78 is 27.0. The molecule has 1 fully saturated rings. The van der Waals surface area contributed by atoms with Crippen LogP contribution in [-0.2, 0) is 14.8 Å². The van der Waals surface area contributed by atoms with Gasteiger partial charge in [-0.1, -0.05) is 35.6 Å². The third kappa shape index (κ3) is 12.6. The summed E-state index contributed by atoms with van der Waals surface area (Å²) in [6.45, 7) is 14.8. The van der Waals surface area contributed by atoms with Gasteiger partial charge in [0.2, 0.25) is 10.0 Å². The molecule has 6 nitrogen and oxygen atoms in total. The molecule has 0 aromatic rings. The summed E-state index contributed by atoms with van der Waals surface area (Å²) in [5, 5.41) is 7.74. The number of alkyl halides is 1. The van der Waals surface area contributed by atoms with Crippen molar-refractivity contribution in [3.8, 4) is 0 Å². The first-order valence-electron chi connectivity index (χ1n) is 8.18. The smallest absolute Gasteiger partial charge is 0.214 e. The minimum atomic E-state index is -3.52. The maximum atomic E-state index is 11.1. The van der Waals surface area contributed by atoms with E-state index in [1.165, 1.54) is 20.2 Å². The second-order valence-electron chi connectivity index (χ2n) is 5.96. The lowest BCUT2D eigenvalue weighted by Crippen LogP contribution is -2.46. The number of halogens is 1. The van der Waals surface area contributed by atoms with Crippen LogP contribution in [0.4, 0.5) is 0 Å². The Morgan fingerprint density at radius 3 is 2.08 bits per heavy atom. The maximum Gasteiger partial charge on any atom is 0.214 e. The third-order valence-electron chi connectivity index (χ3n) is 3.81. The highest BCUT2D eigenvalue weighted by Crippen LogP contribution is 2.14. The minimum absolute atomic E-state index is 0.0625. The lowest BCUT2D eigenvalue weighted by atomic mass is 10.0. The van der Waals surface area contributed by atoms with Crippen molar-refractivity contribution >= 4 is 32.6 Å². The number of methoxy groups -OCH3 is 1. The van der Waals surface area contributed by atoms with Gasteiger partial charge < -0.3 is 10.1 Å². The number of rotatable bonds is 7. The molecule has 0 aromatic carbocycles. The predicted molar refractivity (Wildman–Crippen MR) is 112 cm³/mol. The molecule has 1 aliphatic heterocycles. The van der Waals surface area contributed by atoms with E-state index in [4.69, 9.17) is 9.88 Å². The van der Waals surface area contributed by atoms with Crippen LogP contribution in [-0.4, -0.2) is 69.4 Å². The van der Waals surface area contributed by atoms with Crippen LogP contribution in [0, 0.1) is 5.92 Å². The first-order chi connectivity index (χ1) is 11.2. The Bertz CT molecular complexity index is 399. The molecule has 0 unspecified atom stereocenters. The Balaban J connectivity index is 0. The topological polar surface area (TPSA) is 84.7 Å². The summed E-state index contributed by atoms with van der Waals surface area (Å²) in [5.41, 5.74) is 0. The molecule has 0 radical (unpaired) electrons. The molecular formula is C16H36IN3O3S. The van der Waals surface area contributed by atoms with Crippen LogP contribution in [0.5, 0.6) is 0 Å². The molecule has 0 saturated carbocycles. The molecule has 1 aliphatic rings. The second kappa shape index (κ2) is 15.5. The van der Waals surface area contributed by atoms with Gasteiger partial charge >= 0.3 is 0 Å². The summed E-state index contributed by atoms with van der Waals surface area (Å²) in [6, 6.07) is 0.729. The molecular weight excluding hydrogens is 441 g/mol. The number of allylic oxidation sites excluding steroid dienone is 1. The summed E-state index contributed by atoms with van der Waals surface area (Å²) in [7, 11) is -2.06. The number of sulfonamides is 1. The van der Waals surface area contributed by atoms with Crippen LogP contribution in [0.25, 0.3) is 0 Å². The van der Waals surface area contributed by atoms with Crippen molar-refractivity contribution in [2.75, 3.05) is 44.8 Å². The summed E-state index contributed by atoms with van der Waals surface area (Å²) in [4.78, 5) is 4.47. The van der Waals surface area contributed by atoms with Crippen molar-refractivity contribution in [3.05, 3.63) is 12.7 Å². The van der Waals surface area contributed by atoms with Crippen LogP contribution in [0.3, 0.4) is 0 Å². The van der Waals surface area contributed by atoms with E-state index in [0.29, 0.717) is 6.42 Å². The Morgan fingerprint density at radius 1 is 1.29 bits per heavy atom. The van der Waals surface area contributed by atoms with Crippen molar-refractivity contribution in [3.63, 3.8) is 0 Å². The number of piperazine rings is 1. The molecule has 0 bridgehead atoms. The van der Waals surface area contributed by atoms with Gasteiger partial charge in [0.05, 0.1) is 6.61 Å². The number of hydrogen-bond acceptors (Lipinski definition) is 5. The molecule has 0 spiro atoms. The maximum absolute atomic E-state index is 11.1. The van der Waals surface area contributed by atoms with Crippen LogP contribution < -0.4 is 10.5 Å². The van der Waals surface area contributed by atoms with E-state index in [9.17, 15) is 8.42 Å². The van der Waals surface area contributed by atoms with Crippen molar-refractivity contribution in [2.45, 2.75) is 38.5 Å². The highest BCUT2D eigenvalue weighted by atomic mass is 127. The normalized spacial score (nSPS) is 17.8. The second-order valence-corrected chi connectivity index (χ2v) is 7.75. The number of ether oxygens (including phenoxy) is 1. The SMILES string of the molecule is C=CC[C@H](C)[C@@H](COC)S(N)(=O)=O.CC(C)N1CCNCC1.CI. The number of hydrogen-bond donors (Lipinski definition) is 2. The fourth-order valence-electron chi connectivity index (χ4n) is 2.36. The first-order valence-corrected chi connectivity index (χ1v) is 11.9. The molecule has 0 aromatic heterocycles. The first kappa shape index (κ1) is 26.5. The van der Waals surface area contributed by atoms with E-state index >= 15 is 0 Å². The Morgan fingerprint density at radius 2 is 1.79 bits per heavy atom. The van der Waals surface area contributed by atoms with Gasteiger partial charge in [-0.2, -0.15) is 0 Å². The molecule has 1 heterocycles. The van der Waals surface area contributed by atoms with Crippen molar-refractivity contribution in [1.29, 1.82) is 0 Å². The summed E-state index contributed by atoms with van der Waals surface area (Å²) in [5.74, 6) is -0.0625. The average molecular weight is 477 g/mol. The van der Waals surface area contributed by atoms with Gasteiger partial charge in [0.1, 0.15) is 5.25 Å². The van der Waals surface area contributed by atoms with Crippen LogP contribution in [0.2, 0.25) is 0 Å². The highest BCUT2D eigenvalue weighted by molar-refractivity contribution is 14.1. The van der Waals surface area contributed by atoms with E-state index in [-0.39, 0.29) is 12.5 Å². The Labute approximate surface area is 162 Å². The monoisotopic (exact) mass is 477 g/mol. The number of nitrogens with zero attached hydrogens (tertiary/aromatic N) is 1. The van der Waals surface area contributed by atoms with Crippen molar-refractivity contribution in [2.24, 2.45) is 11.1 Å². The molecule has 24 heavy (non-hydrogen) atoms. The quantitative estimate of drug-likeness (QED) is 0.332. The lowest BCUT2D eigenvalue weighted by Gasteiger charge is -2.30. The largest absolute Gasteiger partial charge is 0.383 e. The van der Waals surface area contributed by atoms with Crippen molar-refractivity contribution < 1.29 is 13.2 Å². The van der Waals surface area contributed by atoms with Gasteiger partial charge in [-0.15, -0.1) is 6.58 Å². The van der Waals surface area contributed by atoms with Gasteiger partial charge in [-0.05, 0) is 31.1 Å². The minimum Gasteiger partial charge on any atom is -0.383 e. The van der Waals surface area contributed by atoms with Crippen LogP contribution in [0.1, 0.15) is 27.2 Å². The average Bonchev–Trinajstić information content (AvgIpc) is 2.55. The zero-order valence-electron chi connectivity index (χ0n) is 15.8. The Kier molecular flexibility index (Phi) is 17.1. The van der Waals surface area contributed by atoms with E-state index < -0.39 is 15.3 Å². The van der Waals surface area contributed by atoms with Crippen LogP contribution in [0.15, 0.2) is 12.7 Å². The fourth-order valence-corrected chi connectivity index (χ4v) is 3.44. The molecule has 8 heteroatoms. The van der Waals surface area contributed by atoms with E-state index in [2.05, 4.69) is 53.2 Å². The van der Waals surface area contributed by atoms with Gasteiger partial charge in [0, 0.05) is 39.3 Å². The lowest BCUT2D eigenvalue weighted by molar-refractivity contribution is 0.182. The number of nitrogens with two attached hydrogens (primary N) is 1. The van der Waals surface area contributed by atoms with Gasteiger partial charge in [-0.25, -0.2) is 13.6 Å². The molecule has 0 aliphatic carbocycles. The zero-order chi connectivity index (χ0) is 19.2. The zero-order valence-corrected chi connectivity index (χ0v) is 18.8. The highest BCUT2D eigenvalue weighted by Gasteiger charge is 2.26. The van der Waals surface area contributed by atoms with E-state index in [1.54, 1.807) is 6.08 Å². The molecule has 0 amide bonds.